The number of aliphatic hydroxyl groups is 2. The van der Waals surface area contributed by atoms with Crippen LogP contribution in [0.1, 0.15) is 46.3 Å². The van der Waals surface area contributed by atoms with Crippen LogP contribution in [0, 0.1) is 0 Å². The second-order valence-electron chi connectivity index (χ2n) is 9.67. The van der Waals surface area contributed by atoms with Gasteiger partial charge in [0, 0.05) is 29.1 Å². The first-order chi connectivity index (χ1) is 15.0. The fraction of sp³-hybridized carbons (Fsp3) is 0.400. The highest BCUT2D eigenvalue weighted by Crippen LogP contribution is 2.50. The van der Waals surface area contributed by atoms with Crippen LogP contribution in [0.15, 0.2) is 42.5 Å². The van der Waals surface area contributed by atoms with Crippen molar-refractivity contribution in [2.45, 2.75) is 57.1 Å². The first-order valence-corrected chi connectivity index (χ1v) is 11.5. The molecule has 1 aliphatic rings. The van der Waals surface area contributed by atoms with Crippen LogP contribution in [0.5, 0.6) is 0 Å². The number of hydrogen-bond donors (Lipinski definition) is 3. The predicted molar refractivity (Wildman–Crippen MR) is 132 cm³/mol. The quantitative estimate of drug-likeness (QED) is 0.438. The van der Waals surface area contributed by atoms with Crippen LogP contribution in [0.4, 0.5) is 5.69 Å². The summed E-state index contributed by atoms with van der Waals surface area (Å²) in [6.07, 6.45) is 0.692. The number of amides is 1. The zero-order valence-electron chi connectivity index (χ0n) is 18.5. The van der Waals surface area contributed by atoms with Crippen molar-refractivity contribution in [2.24, 2.45) is 0 Å². The summed E-state index contributed by atoms with van der Waals surface area (Å²) in [5, 5.41) is 24.3. The fourth-order valence-corrected chi connectivity index (χ4v) is 4.55. The zero-order chi connectivity index (χ0) is 23.3. The van der Waals surface area contributed by atoms with E-state index in [0.717, 1.165) is 35.0 Å². The molecule has 2 aromatic carbocycles. The maximum atomic E-state index is 13.2. The number of rotatable bonds is 6. The standard InChI is InChI=1S/C25H28Cl2N2O3.H2/c1-24(2,3)22-11-15-10-17(5-7-21(15)29(22)13-18(31)14-30)28-23(32)25(8-9-25)16-4-6-19(26)20(27)12-16;/h4-7,10-12,18,30-31H,8-9,13-14H2,1-3H3,(H,28,32);1H/t18-;/m1./s1. The lowest BCUT2D eigenvalue weighted by molar-refractivity contribution is -0.118. The molecule has 1 amide bonds. The Morgan fingerprint density at radius 2 is 1.88 bits per heavy atom. The number of halogens is 2. The minimum atomic E-state index is -0.841. The van der Waals surface area contributed by atoms with Gasteiger partial charge >= 0.3 is 0 Å². The number of nitrogens with zero attached hydrogens (tertiary/aromatic N) is 1. The molecule has 3 N–H and O–H groups in total. The van der Waals surface area contributed by atoms with E-state index in [1.165, 1.54) is 0 Å². The van der Waals surface area contributed by atoms with Crippen molar-refractivity contribution in [1.29, 1.82) is 0 Å². The van der Waals surface area contributed by atoms with Gasteiger partial charge in [-0.15, -0.1) is 0 Å². The minimum absolute atomic E-state index is 0. The van der Waals surface area contributed by atoms with Crippen LogP contribution >= 0.6 is 23.2 Å². The van der Waals surface area contributed by atoms with Gasteiger partial charge in [-0.05, 0) is 54.8 Å². The summed E-state index contributed by atoms with van der Waals surface area (Å²) in [5.41, 5.74) is 2.88. The Morgan fingerprint density at radius 1 is 1.16 bits per heavy atom. The Morgan fingerprint density at radius 3 is 2.47 bits per heavy atom. The summed E-state index contributed by atoms with van der Waals surface area (Å²) >= 11 is 12.2. The number of hydrogen-bond acceptors (Lipinski definition) is 3. The smallest absolute Gasteiger partial charge is 0.235 e. The molecule has 0 bridgehead atoms. The van der Waals surface area contributed by atoms with E-state index in [1.54, 1.807) is 12.1 Å². The van der Waals surface area contributed by atoms with Crippen LogP contribution in [0.2, 0.25) is 10.0 Å². The molecule has 0 saturated heterocycles. The third kappa shape index (κ3) is 4.27. The van der Waals surface area contributed by atoms with E-state index in [-0.39, 0.29) is 19.4 Å². The highest BCUT2D eigenvalue weighted by molar-refractivity contribution is 6.42. The van der Waals surface area contributed by atoms with Crippen molar-refractivity contribution in [3.05, 3.63) is 63.8 Å². The topological polar surface area (TPSA) is 74.5 Å². The average molecular weight is 477 g/mol. The molecule has 32 heavy (non-hydrogen) atoms. The molecule has 7 heteroatoms. The Balaban J connectivity index is 0.00000306. The van der Waals surface area contributed by atoms with Gasteiger partial charge in [0.2, 0.25) is 5.91 Å². The summed E-state index contributed by atoms with van der Waals surface area (Å²) in [7, 11) is 0. The first-order valence-electron chi connectivity index (χ1n) is 10.7. The van der Waals surface area contributed by atoms with Crippen molar-refractivity contribution < 1.29 is 16.4 Å². The molecule has 1 fully saturated rings. The van der Waals surface area contributed by atoms with E-state index >= 15 is 0 Å². The number of carbonyl (C=O) groups excluding carboxylic acids is 1. The largest absolute Gasteiger partial charge is 0.394 e. The maximum absolute atomic E-state index is 13.2. The van der Waals surface area contributed by atoms with Crippen LogP contribution in [-0.4, -0.2) is 33.4 Å². The number of aliphatic hydroxyl groups excluding tert-OH is 2. The molecule has 1 atom stereocenters. The lowest BCUT2D eigenvalue weighted by Gasteiger charge is -2.23. The Labute approximate surface area is 199 Å². The normalized spacial score (nSPS) is 16.2. The molecule has 3 aromatic rings. The molecule has 1 heterocycles. The van der Waals surface area contributed by atoms with Gasteiger partial charge in [-0.3, -0.25) is 4.79 Å². The van der Waals surface area contributed by atoms with Crippen LogP contribution in [0.3, 0.4) is 0 Å². The van der Waals surface area contributed by atoms with Crippen LogP contribution < -0.4 is 5.32 Å². The Kier molecular flexibility index (Phi) is 6.05. The van der Waals surface area contributed by atoms with Crippen molar-refractivity contribution in [3.63, 3.8) is 0 Å². The highest BCUT2D eigenvalue weighted by Gasteiger charge is 2.51. The van der Waals surface area contributed by atoms with Crippen molar-refractivity contribution in [2.75, 3.05) is 11.9 Å². The maximum Gasteiger partial charge on any atom is 0.235 e. The molecule has 1 aliphatic carbocycles. The van der Waals surface area contributed by atoms with Crippen molar-refractivity contribution in [1.82, 2.24) is 4.57 Å². The fourth-order valence-electron chi connectivity index (χ4n) is 4.25. The molecule has 172 valence electrons. The molecule has 1 saturated carbocycles. The molecule has 0 aliphatic heterocycles. The number of benzene rings is 2. The number of aromatic nitrogens is 1. The third-order valence-corrected chi connectivity index (χ3v) is 6.93. The van der Waals surface area contributed by atoms with Gasteiger partial charge in [0.15, 0.2) is 0 Å². The monoisotopic (exact) mass is 476 g/mol. The molecule has 0 unspecified atom stereocenters. The van der Waals surface area contributed by atoms with E-state index in [1.807, 2.05) is 28.8 Å². The molecule has 4 rings (SSSR count). The lowest BCUT2D eigenvalue weighted by Crippen LogP contribution is -2.27. The summed E-state index contributed by atoms with van der Waals surface area (Å²) in [6, 6.07) is 13.2. The number of fused-ring (bicyclic) bond motifs is 1. The molecular formula is C25H30Cl2N2O3. The van der Waals surface area contributed by atoms with E-state index in [4.69, 9.17) is 23.2 Å². The van der Waals surface area contributed by atoms with Crippen LogP contribution in [-0.2, 0) is 22.2 Å². The predicted octanol–water partition coefficient (Wildman–Crippen LogP) is 5.52. The first kappa shape index (κ1) is 23.1. The van der Waals surface area contributed by atoms with Gasteiger partial charge < -0.3 is 20.1 Å². The second kappa shape index (κ2) is 8.38. The summed E-state index contributed by atoms with van der Waals surface area (Å²) in [5.74, 6) is -0.0542. The van der Waals surface area contributed by atoms with Gasteiger partial charge in [-0.1, -0.05) is 50.0 Å². The van der Waals surface area contributed by atoms with Gasteiger partial charge in [0.05, 0.1) is 34.7 Å². The van der Waals surface area contributed by atoms with E-state index in [2.05, 4.69) is 32.2 Å². The average Bonchev–Trinajstić information content (AvgIpc) is 3.47. The molecule has 0 spiro atoms. The van der Waals surface area contributed by atoms with Gasteiger partial charge in [0.1, 0.15) is 0 Å². The summed E-state index contributed by atoms with van der Waals surface area (Å²) in [6.45, 7) is 6.34. The second-order valence-corrected chi connectivity index (χ2v) is 10.5. The molecular weight excluding hydrogens is 447 g/mol. The minimum Gasteiger partial charge on any atom is -0.394 e. The number of nitrogens with one attached hydrogen (secondary N) is 1. The number of carbonyl (C=O) groups is 1. The third-order valence-electron chi connectivity index (χ3n) is 6.19. The Bertz CT molecular complexity index is 1180. The van der Waals surface area contributed by atoms with Gasteiger partial charge in [-0.25, -0.2) is 0 Å². The van der Waals surface area contributed by atoms with E-state index < -0.39 is 11.5 Å². The van der Waals surface area contributed by atoms with E-state index in [9.17, 15) is 15.0 Å². The summed E-state index contributed by atoms with van der Waals surface area (Å²) in [4.78, 5) is 13.2. The van der Waals surface area contributed by atoms with Crippen molar-refractivity contribution in [3.8, 4) is 0 Å². The molecule has 5 nitrogen and oxygen atoms in total. The highest BCUT2D eigenvalue weighted by atomic mass is 35.5. The molecule has 1 aromatic heterocycles. The van der Waals surface area contributed by atoms with Gasteiger partial charge in [-0.2, -0.15) is 0 Å². The van der Waals surface area contributed by atoms with Crippen LogP contribution in [0.25, 0.3) is 10.9 Å². The molecule has 0 radical (unpaired) electrons. The van der Waals surface area contributed by atoms with Crippen molar-refractivity contribution >= 4 is 45.7 Å². The van der Waals surface area contributed by atoms with Gasteiger partial charge in [0.25, 0.3) is 0 Å². The number of anilines is 1. The Hall–Kier alpha value is -2.05. The van der Waals surface area contributed by atoms with E-state index in [0.29, 0.717) is 22.3 Å². The summed E-state index contributed by atoms with van der Waals surface area (Å²) < 4.78 is 2.04. The zero-order valence-corrected chi connectivity index (χ0v) is 20.0. The SMILES string of the molecule is CC(C)(C)c1cc2cc(NC(=O)C3(c4ccc(Cl)c(Cl)c4)CC3)ccc2n1C[C@@H](O)CO.[HH]. The lowest BCUT2D eigenvalue weighted by atomic mass is 9.92.